The Labute approximate surface area is 240 Å². The Morgan fingerprint density at radius 3 is 1.95 bits per heavy atom. The van der Waals surface area contributed by atoms with Crippen LogP contribution in [0.1, 0.15) is 33.2 Å². The van der Waals surface area contributed by atoms with Crippen LogP contribution in [0.15, 0.2) is 104 Å². The summed E-state index contributed by atoms with van der Waals surface area (Å²) in [6.07, 6.45) is 4.35. The number of carbonyl (C=O) groups is 2. The minimum atomic E-state index is -1.00. The Kier molecular flexibility index (Phi) is 15.0. The molecule has 2 aromatic carbocycles. The minimum absolute atomic E-state index is 0.115. The third-order valence-corrected chi connectivity index (χ3v) is 6.01. The van der Waals surface area contributed by atoms with Gasteiger partial charge in [-0.25, -0.2) is 0 Å². The number of hydrogen-bond donors (Lipinski definition) is 1. The molecule has 0 spiro atoms. The molecule has 1 N–H and O–H groups in total. The Morgan fingerprint density at radius 2 is 1.46 bits per heavy atom. The van der Waals surface area contributed by atoms with E-state index in [0.29, 0.717) is 24.0 Å². The number of benzene rings is 2. The number of aromatic amines is 1. The van der Waals surface area contributed by atoms with Crippen LogP contribution in [0.2, 0.25) is 0 Å². The number of hydrogen-bond acceptors (Lipinski definition) is 4. The molecule has 4 rings (SSSR count). The largest absolute Gasteiger partial charge is 0.328 e. The van der Waals surface area contributed by atoms with Crippen LogP contribution in [0.25, 0.3) is 0 Å². The standard InChI is InChI=1S/C13H10BrNO2.C7H6Br2.C6H5NO2.CH3F/c14-12-3-1-2-10(6-12)7-15-8-11(9-16)4-5-13(15)17;8-5-6-2-1-3-7(9)4-6;8-4-5-1-2-6(9)7-3-5;1-2/h1-6,8-9H,7H2;1-4H,5H2;1-4H,(H,7,9);1H3/i;;;1D. The molecule has 37 heavy (non-hydrogen) atoms. The zero-order valence-corrected chi connectivity index (χ0v) is 24.2. The van der Waals surface area contributed by atoms with E-state index in [2.05, 4.69) is 64.9 Å². The van der Waals surface area contributed by atoms with Gasteiger partial charge in [0.25, 0.3) is 5.56 Å². The average molecular weight is 700 g/mol. The second kappa shape index (κ2) is 18.3. The number of aldehydes is 2. The highest BCUT2D eigenvalue weighted by molar-refractivity contribution is 9.10. The number of nitrogens with one attached hydrogen (secondary N) is 1. The summed E-state index contributed by atoms with van der Waals surface area (Å²) in [6, 6.07) is 21.6. The molecule has 2 heterocycles. The number of nitrogens with zero attached hydrogens (tertiary/aromatic N) is 1. The Bertz CT molecular complexity index is 1390. The lowest BCUT2D eigenvalue weighted by atomic mass is 10.2. The van der Waals surface area contributed by atoms with E-state index in [0.717, 1.165) is 26.1 Å². The molecule has 0 fully saturated rings. The number of pyridine rings is 2. The summed E-state index contributed by atoms with van der Waals surface area (Å²) in [5, 5.41) is 0.923. The van der Waals surface area contributed by atoms with Gasteiger partial charge >= 0.3 is 0 Å². The lowest BCUT2D eigenvalue weighted by Gasteiger charge is -2.06. The molecule has 0 unspecified atom stereocenters. The molecule has 2 aromatic heterocycles. The number of halogens is 4. The Morgan fingerprint density at radius 1 is 0.892 bits per heavy atom. The summed E-state index contributed by atoms with van der Waals surface area (Å²) < 4.78 is 19.1. The first kappa shape index (κ1) is 30.3. The smallest absolute Gasteiger partial charge is 0.250 e. The van der Waals surface area contributed by atoms with Gasteiger partial charge in [-0.15, -0.1) is 0 Å². The van der Waals surface area contributed by atoms with Crippen LogP contribution in [0, 0.1) is 0 Å². The lowest BCUT2D eigenvalue weighted by molar-refractivity contribution is 0.111. The highest BCUT2D eigenvalue weighted by atomic mass is 79.9. The zero-order valence-electron chi connectivity index (χ0n) is 20.5. The fourth-order valence-corrected chi connectivity index (χ4v) is 3.93. The van der Waals surface area contributed by atoms with Gasteiger partial charge in [-0.2, -0.15) is 0 Å². The van der Waals surface area contributed by atoms with Crippen molar-refractivity contribution in [2.24, 2.45) is 0 Å². The molecule has 0 bridgehead atoms. The molecule has 0 saturated heterocycles. The Hall–Kier alpha value is -2.95. The van der Waals surface area contributed by atoms with E-state index in [-0.39, 0.29) is 11.1 Å². The number of alkyl halides is 2. The molecule has 0 aliphatic rings. The third kappa shape index (κ3) is 12.7. The third-order valence-electron chi connectivity index (χ3n) is 4.37. The molecule has 0 amide bonds. The van der Waals surface area contributed by atoms with Crippen molar-refractivity contribution in [3.63, 3.8) is 0 Å². The van der Waals surface area contributed by atoms with E-state index in [1.807, 2.05) is 36.4 Å². The van der Waals surface area contributed by atoms with Crippen molar-refractivity contribution in [1.29, 1.82) is 0 Å². The van der Waals surface area contributed by atoms with Crippen LogP contribution in [-0.4, -0.2) is 29.3 Å². The van der Waals surface area contributed by atoms with Gasteiger partial charge in [-0.05, 0) is 47.5 Å². The second-order valence-corrected chi connectivity index (χ2v) is 9.44. The van der Waals surface area contributed by atoms with Gasteiger partial charge in [0, 0.05) is 49.9 Å². The predicted molar refractivity (Wildman–Crippen MR) is 156 cm³/mol. The van der Waals surface area contributed by atoms with E-state index >= 15 is 0 Å². The van der Waals surface area contributed by atoms with Crippen molar-refractivity contribution in [2.75, 3.05) is 7.15 Å². The molecule has 0 saturated carbocycles. The van der Waals surface area contributed by atoms with Crippen molar-refractivity contribution < 1.29 is 15.4 Å². The minimum Gasteiger partial charge on any atom is -0.328 e. The highest BCUT2D eigenvalue weighted by Gasteiger charge is 2.00. The van der Waals surface area contributed by atoms with Crippen LogP contribution < -0.4 is 11.1 Å². The van der Waals surface area contributed by atoms with E-state index in [1.54, 1.807) is 6.20 Å². The molecule has 10 heteroatoms. The molecule has 0 aliphatic carbocycles. The maximum Gasteiger partial charge on any atom is 0.250 e. The van der Waals surface area contributed by atoms with E-state index in [4.69, 9.17) is 1.37 Å². The maximum atomic E-state index is 11.6. The maximum absolute atomic E-state index is 11.6. The topological polar surface area (TPSA) is 89.0 Å². The molecule has 194 valence electrons. The van der Waals surface area contributed by atoms with Crippen molar-refractivity contribution in [1.82, 2.24) is 9.55 Å². The summed E-state index contributed by atoms with van der Waals surface area (Å²) in [5.74, 6) is 0. The normalized spacial score (nSPS) is 9.68. The number of H-pyrrole nitrogens is 1. The van der Waals surface area contributed by atoms with Gasteiger partial charge in [0.05, 0.1) is 15.1 Å². The van der Waals surface area contributed by atoms with Crippen LogP contribution in [0.5, 0.6) is 0 Å². The summed E-state index contributed by atoms with van der Waals surface area (Å²) in [7, 11) is -1.00. The Balaban J connectivity index is 0.000000292. The van der Waals surface area contributed by atoms with Crippen LogP contribution in [0.3, 0.4) is 0 Å². The fraction of sp³-hybridized carbons (Fsp3) is 0.111. The molecule has 4 aromatic rings. The van der Waals surface area contributed by atoms with Gasteiger partial charge in [-0.3, -0.25) is 23.6 Å². The van der Waals surface area contributed by atoms with E-state index in [9.17, 15) is 23.6 Å². The number of carbonyl (C=O) groups excluding carboxylic acids is 2. The van der Waals surface area contributed by atoms with Crippen molar-refractivity contribution in [3.8, 4) is 0 Å². The molecule has 0 atom stereocenters. The van der Waals surface area contributed by atoms with Crippen molar-refractivity contribution in [2.45, 2.75) is 11.9 Å². The highest BCUT2D eigenvalue weighted by Crippen LogP contribution is 2.13. The van der Waals surface area contributed by atoms with Crippen molar-refractivity contribution >= 4 is 60.4 Å². The second-order valence-electron chi connectivity index (χ2n) is 7.04. The number of rotatable bonds is 5. The van der Waals surface area contributed by atoms with Crippen LogP contribution in [-0.2, 0) is 11.9 Å². The van der Waals surface area contributed by atoms with E-state index < -0.39 is 7.15 Å². The molecular formula is C27H24Br3FN2O4. The molecule has 6 nitrogen and oxygen atoms in total. The van der Waals surface area contributed by atoms with Gasteiger partial charge in [0.15, 0.2) is 12.6 Å². The first-order chi connectivity index (χ1) is 18.3. The molecular weight excluding hydrogens is 675 g/mol. The molecule has 0 aliphatic heterocycles. The van der Waals surface area contributed by atoms with Gasteiger partial charge in [0.2, 0.25) is 5.56 Å². The van der Waals surface area contributed by atoms with Gasteiger partial charge in [-0.1, -0.05) is 72.1 Å². The van der Waals surface area contributed by atoms with Gasteiger partial charge in [0.1, 0.15) is 0 Å². The first-order valence-corrected chi connectivity index (χ1v) is 13.2. The lowest BCUT2D eigenvalue weighted by Crippen LogP contribution is -2.19. The summed E-state index contributed by atoms with van der Waals surface area (Å²) >= 11 is 10.1. The SMILES string of the molecule is BrCc1cccc(Br)c1.O=Cc1ccc(=O)[nH]c1.O=Cc1ccc(=O)n(Cc2cccc(Br)c2)c1.[2H]CF. The van der Waals surface area contributed by atoms with Gasteiger partial charge < -0.3 is 9.55 Å². The quantitative estimate of drug-likeness (QED) is 0.188. The molecule has 0 radical (unpaired) electrons. The summed E-state index contributed by atoms with van der Waals surface area (Å²) in [6.45, 7) is 0.458. The van der Waals surface area contributed by atoms with E-state index in [1.165, 1.54) is 40.6 Å². The van der Waals surface area contributed by atoms with Crippen LogP contribution in [0.4, 0.5) is 4.39 Å². The average Bonchev–Trinajstić information content (AvgIpc) is 2.91. The predicted octanol–water partition coefficient (Wildman–Crippen LogP) is 6.59. The zero-order chi connectivity index (χ0) is 28.3. The first-order valence-electron chi connectivity index (χ1n) is 11.2. The van der Waals surface area contributed by atoms with Crippen LogP contribution >= 0.6 is 47.8 Å². The number of aromatic nitrogens is 2. The fourth-order valence-electron chi connectivity index (χ4n) is 2.69. The van der Waals surface area contributed by atoms with Crippen molar-refractivity contribution in [3.05, 3.63) is 137 Å². The summed E-state index contributed by atoms with van der Waals surface area (Å²) in [5.41, 5.74) is 2.97. The monoisotopic (exact) mass is 697 g/mol. The summed E-state index contributed by atoms with van der Waals surface area (Å²) in [4.78, 5) is 45.0.